The van der Waals surface area contributed by atoms with Gasteiger partial charge in [-0.1, -0.05) is 6.07 Å². The molecule has 5 heteroatoms. The Morgan fingerprint density at radius 3 is 2.69 bits per heavy atom. The third-order valence-electron chi connectivity index (χ3n) is 2.14. The molecule has 0 aromatic carbocycles. The van der Waals surface area contributed by atoms with Crippen molar-refractivity contribution in [3.8, 4) is 0 Å². The first-order valence-electron chi connectivity index (χ1n) is 4.09. The Bertz CT molecular complexity index is 390. The molecule has 0 atom stereocenters. The smallest absolute Gasteiger partial charge is 0.206 e. The molecule has 1 aliphatic rings. The molecule has 1 aliphatic carbocycles. The van der Waals surface area contributed by atoms with Gasteiger partial charge in [-0.25, -0.2) is 13.1 Å². The molecule has 1 heterocycles. The highest BCUT2D eigenvalue weighted by atomic mass is 32.2. The molecule has 1 aromatic rings. The standard InChI is InChI=1S/C8H11NO2S2/c1-8(4-5-8)9-13(10,11)7-3-2-6-12-7/h2-3,6,9H,4-5H2,1H3. The van der Waals surface area contributed by atoms with E-state index in [4.69, 9.17) is 0 Å². The van der Waals surface area contributed by atoms with Gasteiger partial charge in [0.05, 0.1) is 0 Å². The minimum atomic E-state index is -3.24. The summed E-state index contributed by atoms with van der Waals surface area (Å²) < 4.78 is 26.4. The number of sulfonamides is 1. The van der Waals surface area contributed by atoms with Crippen molar-refractivity contribution in [1.29, 1.82) is 0 Å². The molecule has 0 radical (unpaired) electrons. The number of thiophene rings is 1. The van der Waals surface area contributed by atoms with E-state index in [2.05, 4.69) is 4.72 Å². The first-order valence-corrected chi connectivity index (χ1v) is 6.46. The average Bonchev–Trinajstić information content (AvgIpc) is 2.53. The van der Waals surface area contributed by atoms with Crippen LogP contribution in [-0.4, -0.2) is 14.0 Å². The molecular formula is C8H11NO2S2. The number of hydrogen-bond acceptors (Lipinski definition) is 3. The van der Waals surface area contributed by atoms with Crippen molar-refractivity contribution in [3.63, 3.8) is 0 Å². The minimum Gasteiger partial charge on any atom is -0.206 e. The molecule has 1 fully saturated rings. The summed E-state index contributed by atoms with van der Waals surface area (Å²) >= 11 is 1.25. The second-order valence-electron chi connectivity index (χ2n) is 3.60. The molecule has 0 saturated heterocycles. The van der Waals surface area contributed by atoms with E-state index < -0.39 is 10.0 Å². The van der Waals surface area contributed by atoms with Gasteiger partial charge < -0.3 is 0 Å². The van der Waals surface area contributed by atoms with Crippen molar-refractivity contribution in [1.82, 2.24) is 4.72 Å². The Labute approximate surface area is 81.8 Å². The van der Waals surface area contributed by atoms with Crippen LogP contribution in [0.1, 0.15) is 19.8 Å². The molecular weight excluding hydrogens is 206 g/mol. The van der Waals surface area contributed by atoms with Crippen LogP contribution < -0.4 is 4.72 Å². The number of hydrogen-bond donors (Lipinski definition) is 1. The Morgan fingerprint density at radius 1 is 1.54 bits per heavy atom. The lowest BCUT2D eigenvalue weighted by molar-refractivity contribution is 0.560. The summed E-state index contributed by atoms with van der Waals surface area (Å²) in [4.78, 5) is 0. The van der Waals surface area contributed by atoms with E-state index >= 15 is 0 Å². The van der Waals surface area contributed by atoms with Crippen LogP contribution in [0.3, 0.4) is 0 Å². The summed E-state index contributed by atoms with van der Waals surface area (Å²) in [5.41, 5.74) is -0.178. The third kappa shape index (κ3) is 1.92. The second kappa shape index (κ2) is 2.80. The van der Waals surface area contributed by atoms with Gasteiger partial charge in [0.2, 0.25) is 0 Å². The van der Waals surface area contributed by atoms with E-state index in [9.17, 15) is 8.42 Å². The minimum absolute atomic E-state index is 0.178. The Kier molecular flexibility index (Phi) is 1.98. The zero-order valence-corrected chi connectivity index (χ0v) is 8.91. The lowest BCUT2D eigenvalue weighted by atomic mass is 10.4. The van der Waals surface area contributed by atoms with E-state index in [0.717, 1.165) is 12.8 Å². The molecule has 0 spiro atoms. The number of rotatable bonds is 3. The largest absolute Gasteiger partial charge is 0.250 e. The van der Waals surface area contributed by atoms with Gasteiger partial charge in [0, 0.05) is 5.54 Å². The van der Waals surface area contributed by atoms with Crippen LogP contribution in [-0.2, 0) is 10.0 Å². The van der Waals surface area contributed by atoms with E-state index in [1.165, 1.54) is 11.3 Å². The van der Waals surface area contributed by atoms with Crippen LogP contribution in [0.15, 0.2) is 21.7 Å². The summed E-state index contributed by atoms with van der Waals surface area (Å²) in [7, 11) is -3.24. The lowest BCUT2D eigenvalue weighted by Gasteiger charge is -2.09. The Morgan fingerprint density at radius 2 is 2.23 bits per heavy atom. The van der Waals surface area contributed by atoms with Crippen LogP contribution in [0.25, 0.3) is 0 Å². The van der Waals surface area contributed by atoms with Crippen LogP contribution in [0, 0.1) is 0 Å². The topological polar surface area (TPSA) is 46.2 Å². The van der Waals surface area contributed by atoms with Crippen molar-refractivity contribution in [3.05, 3.63) is 17.5 Å². The van der Waals surface area contributed by atoms with Crippen molar-refractivity contribution in [2.24, 2.45) is 0 Å². The van der Waals surface area contributed by atoms with Gasteiger partial charge in [0.25, 0.3) is 10.0 Å². The molecule has 1 N–H and O–H groups in total. The van der Waals surface area contributed by atoms with Gasteiger partial charge in [-0.2, -0.15) is 0 Å². The van der Waals surface area contributed by atoms with Gasteiger partial charge in [-0.05, 0) is 31.2 Å². The van der Waals surface area contributed by atoms with Crippen molar-refractivity contribution in [2.45, 2.75) is 29.5 Å². The average molecular weight is 217 g/mol. The summed E-state index contributed by atoms with van der Waals surface area (Å²) in [5, 5.41) is 1.77. The van der Waals surface area contributed by atoms with Crippen molar-refractivity contribution in [2.75, 3.05) is 0 Å². The Balaban J connectivity index is 2.22. The molecule has 72 valence electrons. The molecule has 13 heavy (non-hydrogen) atoms. The molecule has 0 unspecified atom stereocenters. The predicted molar refractivity (Wildman–Crippen MR) is 52.3 cm³/mol. The number of nitrogens with one attached hydrogen (secondary N) is 1. The summed E-state index contributed by atoms with van der Waals surface area (Å²) in [6.45, 7) is 1.93. The fourth-order valence-corrected chi connectivity index (χ4v) is 3.54. The fourth-order valence-electron chi connectivity index (χ4n) is 1.08. The maximum atomic E-state index is 11.6. The molecule has 1 saturated carbocycles. The summed E-state index contributed by atoms with van der Waals surface area (Å²) in [6.07, 6.45) is 1.88. The molecule has 0 aliphatic heterocycles. The zero-order valence-electron chi connectivity index (χ0n) is 7.28. The van der Waals surface area contributed by atoms with Gasteiger partial charge in [0.15, 0.2) is 0 Å². The molecule has 0 amide bonds. The maximum absolute atomic E-state index is 11.6. The van der Waals surface area contributed by atoms with Gasteiger partial charge in [-0.3, -0.25) is 0 Å². The van der Waals surface area contributed by atoms with E-state index in [1.807, 2.05) is 6.92 Å². The van der Waals surface area contributed by atoms with E-state index in [1.54, 1.807) is 17.5 Å². The van der Waals surface area contributed by atoms with E-state index in [0.29, 0.717) is 4.21 Å². The lowest BCUT2D eigenvalue weighted by Crippen LogP contribution is -2.33. The van der Waals surface area contributed by atoms with Crippen molar-refractivity contribution < 1.29 is 8.42 Å². The van der Waals surface area contributed by atoms with Gasteiger partial charge >= 0.3 is 0 Å². The first-order chi connectivity index (χ1) is 6.02. The molecule has 3 nitrogen and oxygen atoms in total. The SMILES string of the molecule is CC1(NS(=O)(=O)c2cccs2)CC1. The maximum Gasteiger partial charge on any atom is 0.250 e. The highest BCUT2D eigenvalue weighted by Gasteiger charge is 2.41. The normalized spacial score (nSPS) is 20.1. The molecule has 1 aromatic heterocycles. The molecule has 0 bridgehead atoms. The monoisotopic (exact) mass is 217 g/mol. The van der Waals surface area contributed by atoms with Crippen molar-refractivity contribution >= 4 is 21.4 Å². The quantitative estimate of drug-likeness (QED) is 0.835. The van der Waals surface area contributed by atoms with Gasteiger partial charge in [-0.15, -0.1) is 11.3 Å². The second-order valence-corrected chi connectivity index (χ2v) is 6.46. The molecule has 2 rings (SSSR count). The third-order valence-corrected chi connectivity index (χ3v) is 5.18. The predicted octanol–water partition coefficient (Wildman–Crippen LogP) is 1.58. The van der Waals surface area contributed by atoms with Gasteiger partial charge in [0.1, 0.15) is 4.21 Å². The van der Waals surface area contributed by atoms with Crippen LogP contribution >= 0.6 is 11.3 Å². The van der Waals surface area contributed by atoms with Crippen LogP contribution in [0.5, 0.6) is 0 Å². The summed E-state index contributed by atoms with van der Waals surface area (Å²) in [5.74, 6) is 0. The highest BCUT2D eigenvalue weighted by Crippen LogP contribution is 2.36. The van der Waals surface area contributed by atoms with Crippen LogP contribution in [0.2, 0.25) is 0 Å². The Hall–Kier alpha value is -0.390. The fraction of sp³-hybridized carbons (Fsp3) is 0.500. The highest BCUT2D eigenvalue weighted by molar-refractivity contribution is 7.91. The first kappa shape index (κ1) is 9.18. The van der Waals surface area contributed by atoms with Crippen LogP contribution in [0.4, 0.5) is 0 Å². The summed E-state index contributed by atoms with van der Waals surface area (Å²) in [6, 6.07) is 3.37. The zero-order chi connectivity index (χ0) is 9.53. The van der Waals surface area contributed by atoms with E-state index in [-0.39, 0.29) is 5.54 Å².